The number of aromatic nitrogens is 1. The molecule has 1 aliphatic rings. The van der Waals surface area contributed by atoms with Crippen LogP contribution in [-0.2, 0) is 12.8 Å². The lowest BCUT2D eigenvalue weighted by Crippen LogP contribution is -2.03. The van der Waals surface area contributed by atoms with E-state index < -0.39 is 0 Å². The molecule has 2 aromatic rings. The van der Waals surface area contributed by atoms with Crippen LogP contribution < -0.4 is 5.73 Å². The van der Waals surface area contributed by atoms with Crippen LogP contribution in [0.2, 0.25) is 0 Å². The van der Waals surface area contributed by atoms with Gasteiger partial charge in [0.2, 0.25) is 0 Å². The number of nitrogens with zero attached hydrogens (tertiary/aromatic N) is 1. The number of halogens is 1. The second-order valence-corrected chi connectivity index (χ2v) is 4.98. The van der Waals surface area contributed by atoms with E-state index in [9.17, 15) is 0 Å². The fourth-order valence-electron chi connectivity index (χ4n) is 2.87. The first-order valence-corrected chi connectivity index (χ1v) is 6.44. The lowest BCUT2D eigenvalue weighted by molar-refractivity contribution is 0.709. The van der Waals surface area contributed by atoms with Gasteiger partial charge in [0.15, 0.2) is 0 Å². The lowest BCUT2D eigenvalue weighted by atomic mass is 10.00. The van der Waals surface area contributed by atoms with Gasteiger partial charge in [-0.3, -0.25) is 4.98 Å². The zero-order chi connectivity index (χ0) is 11.8. The molecule has 96 valence electrons. The van der Waals surface area contributed by atoms with E-state index in [-0.39, 0.29) is 12.4 Å². The molecule has 0 aliphatic heterocycles. The molecular formula is C15H19ClN2. The largest absolute Gasteiger partial charge is 0.398 e. The molecule has 0 saturated carbocycles. The van der Waals surface area contributed by atoms with E-state index in [1.54, 1.807) is 0 Å². The molecule has 0 saturated heterocycles. The monoisotopic (exact) mass is 262 g/mol. The van der Waals surface area contributed by atoms with Gasteiger partial charge in [-0.25, -0.2) is 0 Å². The van der Waals surface area contributed by atoms with Crippen LogP contribution in [0.15, 0.2) is 18.2 Å². The van der Waals surface area contributed by atoms with Crippen LogP contribution >= 0.6 is 12.4 Å². The van der Waals surface area contributed by atoms with E-state index in [2.05, 4.69) is 25.1 Å². The van der Waals surface area contributed by atoms with Crippen molar-refractivity contribution in [2.24, 2.45) is 0 Å². The third-order valence-electron chi connectivity index (χ3n) is 3.79. The van der Waals surface area contributed by atoms with Crippen LogP contribution in [0.1, 0.15) is 36.1 Å². The average Bonchev–Trinajstić information content (AvgIpc) is 2.54. The molecule has 3 rings (SSSR count). The molecule has 0 radical (unpaired) electrons. The van der Waals surface area contributed by atoms with Gasteiger partial charge in [-0.05, 0) is 49.8 Å². The summed E-state index contributed by atoms with van der Waals surface area (Å²) in [7, 11) is 0. The van der Waals surface area contributed by atoms with Crippen molar-refractivity contribution in [3.8, 4) is 0 Å². The van der Waals surface area contributed by atoms with Crippen molar-refractivity contribution in [3.63, 3.8) is 0 Å². The van der Waals surface area contributed by atoms with E-state index in [4.69, 9.17) is 10.7 Å². The minimum atomic E-state index is 0. The minimum Gasteiger partial charge on any atom is -0.398 e. The van der Waals surface area contributed by atoms with Gasteiger partial charge in [0.05, 0.1) is 5.52 Å². The van der Waals surface area contributed by atoms with Gasteiger partial charge in [0, 0.05) is 16.8 Å². The number of nitrogens with two attached hydrogens (primary N) is 1. The molecule has 0 amide bonds. The summed E-state index contributed by atoms with van der Waals surface area (Å²) in [5, 5.41) is 1.16. The normalized spacial score (nSPS) is 14.7. The summed E-state index contributed by atoms with van der Waals surface area (Å²) in [4.78, 5) is 4.82. The first kappa shape index (κ1) is 13.2. The van der Waals surface area contributed by atoms with Gasteiger partial charge in [0.1, 0.15) is 0 Å². The third kappa shape index (κ3) is 2.05. The predicted molar refractivity (Wildman–Crippen MR) is 79.4 cm³/mol. The summed E-state index contributed by atoms with van der Waals surface area (Å²) in [5.41, 5.74) is 12.2. The molecule has 0 unspecified atom stereocenters. The Morgan fingerprint density at radius 3 is 2.72 bits per heavy atom. The SMILES string of the molecule is Cc1cccc2nc3c(c(N)c12)CCCCC3.Cl. The minimum absolute atomic E-state index is 0. The molecule has 0 fully saturated rings. The molecular weight excluding hydrogens is 244 g/mol. The maximum absolute atomic E-state index is 6.37. The molecule has 2 nitrogen and oxygen atoms in total. The zero-order valence-electron chi connectivity index (χ0n) is 10.7. The Labute approximate surface area is 114 Å². The molecule has 0 spiro atoms. The third-order valence-corrected chi connectivity index (χ3v) is 3.79. The molecule has 1 aromatic heterocycles. The van der Waals surface area contributed by atoms with Crippen molar-refractivity contribution >= 4 is 29.0 Å². The number of rotatable bonds is 0. The van der Waals surface area contributed by atoms with Gasteiger partial charge in [-0.15, -0.1) is 12.4 Å². The Morgan fingerprint density at radius 2 is 1.89 bits per heavy atom. The van der Waals surface area contributed by atoms with Gasteiger partial charge < -0.3 is 5.73 Å². The lowest BCUT2D eigenvalue weighted by Gasteiger charge is -2.13. The summed E-state index contributed by atoms with van der Waals surface area (Å²) >= 11 is 0. The van der Waals surface area contributed by atoms with E-state index in [1.165, 1.54) is 36.1 Å². The van der Waals surface area contributed by atoms with Crippen LogP contribution in [0, 0.1) is 6.92 Å². The Kier molecular flexibility index (Phi) is 3.76. The molecule has 2 N–H and O–H groups in total. The zero-order valence-corrected chi connectivity index (χ0v) is 11.5. The fourth-order valence-corrected chi connectivity index (χ4v) is 2.87. The number of hydrogen-bond acceptors (Lipinski definition) is 2. The van der Waals surface area contributed by atoms with Gasteiger partial charge in [0.25, 0.3) is 0 Å². The quantitative estimate of drug-likeness (QED) is 0.733. The second-order valence-electron chi connectivity index (χ2n) is 4.98. The summed E-state index contributed by atoms with van der Waals surface area (Å²) in [6.45, 7) is 2.11. The Bertz CT molecular complexity index is 578. The molecule has 1 aromatic carbocycles. The summed E-state index contributed by atoms with van der Waals surface area (Å²) in [5.74, 6) is 0. The predicted octanol–water partition coefficient (Wildman–Crippen LogP) is 3.82. The van der Waals surface area contributed by atoms with Crippen molar-refractivity contribution in [3.05, 3.63) is 35.0 Å². The van der Waals surface area contributed by atoms with Crippen LogP contribution in [0.25, 0.3) is 10.9 Å². The fraction of sp³-hybridized carbons (Fsp3) is 0.400. The van der Waals surface area contributed by atoms with Gasteiger partial charge in [-0.2, -0.15) is 0 Å². The topological polar surface area (TPSA) is 38.9 Å². The number of pyridine rings is 1. The van der Waals surface area contributed by atoms with Crippen LogP contribution in [-0.4, -0.2) is 4.98 Å². The smallest absolute Gasteiger partial charge is 0.0728 e. The first-order valence-electron chi connectivity index (χ1n) is 6.44. The van der Waals surface area contributed by atoms with E-state index >= 15 is 0 Å². The van der Waals surface area contributed by atoms with E-state index in [0.29, 0.717) is 0 Å². The highest BCUT2D eigenvalue weighted by atomic mass is 35.5. The highest BCUT2D eigenvalue weighted by Crippen LogP contribution is 2.32. The number of benzene rings is 1. The molecule has 0 atom stereocenters. The van der Waals surface area contributed by atoms with Crippen molar-refractivity contribution in [1.82, 2.24) is 4.98 Å². The van der Waals surface area contributed by atoms with Gasteiger partial charge >= 0.3 is 0 Å². The summed E-state index contributed by atoms with van der Waals surface area (Å²) in [6, 6.07) is 6.25. The van der Waals surface area contributed by atoms with Gasteiger partial charge in [-0.1, -0.05) is 18.6 Å². The van der Waals surface area contributed by atoms with Crippen molar-refractivity contribution in [2.45, 2.75) is 39.0 Å². The number of nitrogen functional groups attached to an aromatic ring is 1. The van der Waals surface area contributed by atoms with Crippen LogP contribution in [0.3, 0.4) is 0 Å². The highest BCUT2D eigenvalue weighted by molar-refractivity contribution is 5.94. The Hall–Kier alpha value is -1.28. The standard InChI is InChI=1S/C15H18N2.ClH/c1-10-6-5-9-13-14(10)15(16)11-7-3-2-4-8-12(11)17-13;/h5-6,9H,2-4,7-8H2,1H3,(H2,16,17);1H. The molecule has 3 heteroatoms. The Morgan fingerprint density at radius 1 is 1.11 bits per heavy atom. The summed E-state index contributed by atoms with van der Waals surface area (Å²) in [6.07, 6.45) is 5.97. The molecule has 18 heavy (non-hydrogen) atoms. The maximum Gasteiger partial charge on any atom is 0.0728 e. The Balaban J connectivity index is 0.00000120. The van der Waals surface area contributed by atoms with Crippen LogP contribution in [0.4, 0.5) is 5.69 Å². The van der Waals surface area contributed by atoms with Crippen molar-refractivity contribution in [1.29, 1.82) is 0 Å². The molecule has 0 bridgehead atoms. The maximum atomic E-state index is 6.37. The number of fused-ring (bicyclic) bond motifs is 2. The van der Waals surface area contributed by atoms with E-state index in [1.807, 2.05) is 0 Å². The number of aryl methyl sites for hydroxylation is 2. The number of hydrogen-bond donors (Lipinski definition) is 1. The molecule has 1 heterocycles. The van der Waals surface area contributed by atoms with E-state index in [0.717, 1.165) is 29.4 Å². The van der Waals surface area contributed by atoms with Crippen molar-refractivity contribution in [2.75, 3.05) is 5.73 Å². The molecule has 1 aliphatic carbocycles. The van der Waals surface area contributed by atoms with Crippen molar-refractivity contribution < 1.29 is 0 Å². The highest BCUT2D eigenvalue weighted by Gasteiger charge is 2.15. The van der Waals surface area contributed by atoms with Crippen LogP contribution in [0.5, 0.6) is 0 Å². The first-order chi connectivity index (χ1) is 8.27. The summed E-state index contributed by atoms with van der Waals surface area (Å²) < 4.78 is 0. The number of anilines is 1. The second kappa shape index (κ2) is 5.15. The average molecular weight is 263 g/mol.